The van der Waals surface area contributed by atoms with Crippen molar-refractivity contribution < 1.29 is 9.47 Å². The van der Waals surface area contributed by atoms with E-state index in [2.05, 4.69) is 202 Å². The van der Waals surface area contributed by atoms with Crippen LogP contribution in [0.2, 0.25) is 0 Å². The average molecular weight is 899 g/mol. The molecule has 2 aliphatic heterocycles. The predicted octanol–water partition coefficient (Wildman–Crippen LogP) is 16.5. The largest absolute Gasteiger partial charge is 0.497 e. The highest BCUT2D eigenvalue weighted by atomic mass is 16.5. The molecule has 0 spiro atoms. The summed E-state index contributed by atoms with van der Waals surface area (Å²) < 4.78 is 11.3. The maximum absolute atomic E-state index is 5.73. The predicted molar refractivity (Wildman–Crippen MR) is 289 cm³/mol. The first kappa shape index (κ1) is 46.2. The molecule has 9 rings (SSSR count). The fourth-order valence-electron chi connectivity index (χ4n) is 9.21. The van der Waals surface area contributed by atoms with Crippen molar-refractivity contribution in [2.75, 3.05) is 14.2 Å². The van der Waals surface area contributed by atoms with E-state index in [-0.39, 0.29) is 21.7 Å². The molecule has 0 aliphatic carbocycles. The van der Waals surface area contributed by atoms with Crippen molar-refractivity contribution in [1.82, 2.24) is 19.9 Å². The smallest absolute Gasteiger partial charge is 0.118 e. The molecule has 4 aromatic carbocycles. The molecule has 0 amide bonds. The number of fused-ring (bicyclic) bond motifs is 8. The first-order valence-corrected chi connectivity index (χ1v) is 23.9. The number of nitrogens with one attached hydrogen (secondary N) is 2. The van der Waals surface area contributed by atoms with Crippen LogP contribution in [0.3, 0.4) is 0 Å². The van der Waals surface area contributed by atoms with E-state index in [4.69, 9.17) is 19.4 Å². The summed E-state index contributed by atoms with van der Waals surface area (Å²) in [4.78, 5) is 19.2. The fourth-order valence-corrected chi connectivity index (χ4v) is 9.21. The number of hydrogen-bond donors (Lipinski definition) is 2. The van der Waals surface area contributed by atoms with Crippen LogP contribution in [0.4, 0.5) is 0 Å². The lowest BCUT2D eigenvalue weighted by Gasteiger charge is -2.26. The number of aromatic nitrogens is 4. The molecule has 0 saturated carbocycles. The Bertz CT molecular complexity index is 3030. The van der Waals surface area contributed by atoms with Crippen LogP contribution in [0, 0.1) is 0 Å². The Hall–Kier alpha value is -6.92. The van der Waals surface area contributed by atoms with E-state index in [0.29, 0.717) is 0 Å². The molecule has 2 N–H and O–H groups in total. The van der Waals surface area contributed by atoms with Crippen molar-refractivity contribution in [2.45, 2.75) is 105 Å². The van der Waals surface area contributed by atoms with Crippen LogP contribution in [-0.4, -0.2) is 34.2 Å². The summed E-state index contributed by atoms with van der Waals surface area (Å²) in [5.41, 5.74) is 20.4. The van der Waals surface area contributed by atoms with Crippen LogP contribution in [0.25, 0.3) is 90.9 Å². The molecule has 68 heavy (non-hydrogen) atoms. The molecule has 2 aliphatic rings. The number of hydrogen-bond acceptors (Lipinski definition) is 4. The molecule has 0 atom stereocenters. The van der Waals surface area contributed by atoms with Gasteiger partial charge in [-0.3, -0.25) is 0 Å². The zero-order chi connectivity index (χ0) is 48.5. The van der Waals surface area contributed by atoms with Gasteiger partial charge in [0.05, 0.1) is 37.0 Å². The summed E-state index contributed by atoms with van der Waals surface area (Å²) >= 11 is 0. The van der Waals surface area contributed by atoms with E-state index < -0.39 is 0 Å². The lowest BCUT2D eigenvalue weighted by atomic mass is 9.78. The van der Waals surface area contributed by atoms with Gasteiger partial charge in [0.1, 0.15) is 11.5 Å². The SMILES string of the molecule is COc1ccc(-c2c3nc(c(-c4ccc(OC)cc4)c4ccc([nH]4)c(-c4cc(C(C)(C)C)cc(C(C)(C)C)c4)c4nc(c(-c5cc(C(C)(C)C)cc(C(C)(C)C)c5)c5ccc2[nH]5)C=C4)C=C3)cc1. The van der Waals surface area contributed by atoms with E-state index in [9.17, 15) is 0 Å². The Balaban J connectivity index is 1.49. The molecule has 0 saturated heterocycles. The van der Waals surface area contributed by atoms with Gasteiger partial charge < -0.3 is 19.4 Å². The summed E-state index contributed by atoms with van der Waals surface area (Å²) in [6.07, 6.45) is 8.70. The van der Waals surface area contributed by atoms with Gasteiger partial charge in [-0.25, -0.2) is 9.97 Å². The van der Waals surface area contributed by atoms with Crippen LogP contribution in [-0.2, 0) is 21.7 Å². The standard InChI is InChI=1S/C62H66N4O2/c1-59(2,3)41-31-39(32-42(35-41)60(4,5)6)57-51-27-25-49(64-51)55(37-15-19-45(67-13)20-16-37)47-23-24-48(63-47)56(38-17-21-46(68-14)22-18-38)50-26-28-52(65-50)58(54-30-29-53(57)66-54)40-33-43(61(7,8)9)36-44(34-40)62(10,11)12/h15-36,64-65H,1-14H3. The summed E-state index contributed by atoms with van der Waals surface area (Å²) in [7, 11) is 3.40. The van der Waals surface area contributed by atoms with Gasteiger partial charge in [0.15, 0.2) is 0 Å². The monoisotopic (exact) mass is 899 g/mol. The molecule has 0 unspecified atom stereocenters. The van der Waals surface area contributed by atoms with E-state index in [1.54, 1.807) is 14.2 Å². The van der Waals surface area contributed by atoms with Crippen molar-refractivity contribution >= 4 is 46.4 Å². The molecular formula is C62H66N4O2. The van der Waals surface area contributed by atoms with Crippen molar-refractivity contribution in [3.8, 4) is 56.0 Å². The molecule has 3 aromatic heterocycles. The Morgan fingerprint density at radius 2 is 0.574 bits per heavy atom. The Morgan fingerprint density at radius 1 is 0.324 bits per heavy atom. The Labute approximate surface area is 403 Å². The van der Waals surface area contributed by atoms with Gasteiger partial charge in [-0.2, -0.15) is 0 Å². The quantitative estimate of drug-likeness (QED) is 0.174. The minimum absolute atomic E-state index is 0.0896. The lowest BCUT2D eigenvalue weighted by molar-refractivity contribution is 0.415. The zero-order valence-electron chi connectivity index (χ0n) is 42.4. The van der Waals surface area contributed by atoms with E-state index in [1.165, 1.54) is 22.3 Å². The van der Waals surface area contributed by atoms with Gasteiger partial charge in [-0.1, -0.05) is 144 Å². The molecule has 7 aromatic rings. The van der Waals surface area contributed by atoms with E-state index >= 15 is 0 Å². The van der Waals surface area contributed by atoms with Crippen molar-refractivity contribution in [1.29, 1.82) is 0 Å². The first-order chi connectivity index (χ1) is 32.1. The van der Waals surface area contributed by atoms with Crippen LogP contribution >= 0.6 is 0 Å². The minimum atomic E-state index is -0.0896. The fraction of sp³-hybridized carbons (Fsp3) is 0.290. The van der Waals surface area contributed by atoms with Gasteiger partial charge in [0.2, 0.25) is 0 Å². The summed E-state index contributed by atoms with van der Waals surface area (Å²) in [6, 6.07) is 39.6. The zero-order valence-corrected chi connectivity index (χ0v) is 42.4. The van der Waals surface area contributed by atoms with E-state index in [1.807, 2.05) is 24.3 Å². The van der Waals surface area contributed by atoms with Crippen LogP contribution in [0.15, 0.2) is 109 Å². The molecule has 346 valence electrons. The van der Waals surface area contributed by atoms with Crippen molar-refractivity contribution in [3.05, 3.63) is 154 Å². The molecule has 5 heterocycles. The maximum atomic E-state index is 5.73. The second-order valence-electron chi connectivity index (χ2n) is 22.6. The average Bonchev–Trinajstić information content (AvgIpc) is 4.14. The molecule has 8 bridgehead atoms. The molecule has 0 fully saturated rings. The van der Waals surface area contributed by atoms with Crippen LogP contribution in [0.1, 0.15) is 128 Å². The first-order valence-electron chi connectivity index (χ1n) is 23.9. The summed E-state index contributed by atoms with van der Waals surface area (Å²) in [6.45, 7) is 27.6. The number of H-pyrrole nitrogens is 2. The number of ether oxygens (including phenoxy) is 2. The number of methoxy groups -OCH3 is 2. The minimum Gasteiger partial charge on any atom is -0.497 e. The number of benzene rings is 4. The van der Waals surface area contributed by atoms with Gasteiger partial charge in [0, 0.05) is 44.3 Å². The van der Waals surface area contributed by atoms with Crippen LogP contribution < -0.4 is 9.47 Å². The highest BCUT2D eigenvalue weighted by Crippen LogP contribution is 2.43. The highest BCUT2D eigenvalue weighted by Gasteiger charge is 2.26. The summed E-state index contributed by atoms with van der Waals surface area (Å²) in [5.74, 6) is 1.59. The topological polar surface area (TPSA) is 75.8 Å². The van der Waals surface area contributed by atoms with E-state index in [0.717, 1.165) is 101 Å². The molecule has 0 radical (unpaired) electrons. The third-order valence-electron chi connectivity index (χ3n) is 13.4. The van der Waals surface area contributed by atoms with Gasteiger partial charge in [-0.05, 0) is 139 Å². The van der Waals surface area contributed by atoms with Crippen LogP contribution in [0.5, 0.6) is 11.5 Å². The number of rotatable bonds is 6. The number of nitrogens with zero attached hydrogens (tertiary/aromatic N) is 2. The van der Waals surface area contributed by atoms with Gasteiger partial charge in [0.25, 0.3) is 0 Å². The van der Waals surface area contributed by atoms with Gasteiger partial charge in [-0.15, -0.1) is 0 Å². The summed E-state index contributed by atoms with van der Waals surface area (Å²) in [5, 5.41) is 0. The highest BCUT2D eigenvalue weighted by molar-refractivity contribution is 6.00. The van der Waals surface area contributed by atoms with Crippen molar-refractivity contribution in [2.24, 2.45) is 0 Å². The lowest BCUT2D eigenvalue weighted by Crippen LogP contribution is -2.16. The third-order valence-corrected chi connectivity index (χ3v) is 13.4. The maximum Gasteiger partial charge on any atom is 0.118 e. The van der Waals surface area contributed by atoms with Crippen molar-refractivity contribution in [3.63, 3.8) is 0 Å². The normalized spacial score (nSPS) is 13.0. The third kappa shape index (κ3) is 8.97. The Morgan fingerprint density at radius 3 is 0.809 bits per heavy atom. The Kier molecular flexibility index (Phi) is 11.5. The number of aromatic amines is 2. The second kappa shape index (κ2) is 17.0. The molecule has 6 nitrogen and oxygen atoms in total. The molecular weight excluding hydrogens is 833 g/mol. The molecule has 6 heteroatoms. The second-order valence-corrected chi connectivity index (χ2v) is 22.6. The van der Waals surface area contributed by atoms with Gasteiger partial charge >= 0.3 is 0 Å².